The maximum Gasteiger partial charge on any atom is 0.341 e. The van der Waals surface area contributed by atoms with E-state index in [0.29, 0.717) is 42.1 Å². The number of aryl methyl sites for hydroxylation is 1. The maximum absolute atomic E-state index is 12.9. The molecular formula is C24H24N2O7S. The Kier molecular flexibility index (Phi) is 7.91. The van der Waals surface area contributed by atoms with Crippen LogP contribution in [0.3, 0.4) is 0 Å². The van der Waals surface area contributed by atoms with Crippen LogP contribution in [0.1, 0.15) is 45.6 Å². The molecule has 0 spiro atoms. The predicted molar refractivity (Wildman–Crippen MR) is 125 cm³/mol. The van der Waals surface area contributed by atoms with Gasteiger partial charge in [-0.1, -0.05) is 6.07 Å². The number of anilines is 1. The van der Waals surface area contributed by atoms with E-state index in [4.69, 9.17) is 18.9 Å². The Bertz CT molecular complexity index is 1190. The van der Waals surface area contributed by atoms with Crippen molar-refractivity contribution >= 4 is 40.3 Å². The zero-order chi connectivity index (χ0) is 24.8. The minimum absolute atomic E-state index is 0.115. The van der Waals surface area contributed by atoms with Crippen molar-refractivity contribution in [3.8, 4) is 17.6 Å². The largest absolute Gasteiger partial charge is 0.493 e. The highest BCUT2D eigenvalue weighted by atomic mass is 32.1. The van der Waals surface area contributed by atoms with E-state index in [2.05, 4.69) is 5.32 Å². The summed E-state index contributed by atoms with van der Waals surface area (Å²) in [5.41, 5.74) is 1.00. The van der Waals surface area contributed by atoms with E-state index >= 15 is 0 Å². The van der Waals surface area contributed by atoms with Crippen LogP contribution < -0.4 is 14.8 Å². The predicted octanol–water partition coefficient (Wildman–Crippen LogP) is 3.69. The lowest BCUT2D eigenvalue weighted by molar-refractivity contribution is -0.142. The summed E-state index contributed by atoms with van der Waals surface area (Å²) in [5.74, 6) is -1.44. The number of nitrogens with zero attached hydrogens (tertiary/aromatic N) is 1. The quantitative estimate of drug-likeness (QED) is 0.342. The molecule has 10 heteroatoms. The minimum atomic E-state index is -0.699. The second-order valence-corrected chi connectivity index (χ2v) is 8.32. The molecule has 1 amide bonds. The molecule has 0 radical (unpaired) electrons. The number of rotatable bonds is 8. The van der Waals surface area contributed by atoms with Crippen molar-refractivity contribution in [1.29, 1.82) is 5.26 Å². The molecule has 1 atom stereocenters. The second kappa shape index (κ2) is 10.9. The van der Waals surface area contributed by atoms with E-state index in [9.17, 15) is 19.6 Å². The van der Waals surface area contributed by atoms with Crippen LogP contribution >= 0.6 is 11.3 Å². The highest BCUT2D eigenvalue weighted by Crippen LogP contribution is 2.46. The topological polar surface area (TPSA) is 124 Å². The number of ether oxygens (including phenoxy) is 4. The number of nitrogens with one attached hydrogen (secondary N) is 1. The van der Waals surface area contributed by atoms with Gasteiger partial charge >= 0.3 is 11.9 Å². The van der Waals surface area contributed by atoms with Crippen LogP contribution in [-0.4, -0.2) is 45.8 Å². The SMILES string of the molecule is CCOc1ccc(/C=C(/C#N)C(=O)Nc2sc3c(c2C(=O)OC)[C@H](C(=O)OC)CC3)cc1OC. The van der Waals surface area contributed by atoms with E-state index < -0.39 is 23.8 Å². The molecule has 0 saturated heterocycles. The van der Waals surface area contributed by atoms with Crippen LogP contribution in [0.4, 0.5) is 5.00 Å². The molecule has 34 heavy (non-hydrogen) atoms. The minimum Gasteiger partial charge on any atom is -0.493 e. The Labute approximate surface area is 200 Å². The van der Waals surface area contributed by atoms with Gasteiger partial charge in [0.05, 0.1) is 39.4 Å². The lowest BCUT2D eigenvalue weighted by atomic mass is 9.99. The third kappa shape index (κ3) is 4.89. The monoisotopic (exact) mass is 484 g/mol. The summed E-state index contributed by atoms with van der Waals surface area (Å²) in [7, 11) is 4.00. The smallest absolute Gasteiger partial charge is 0.341 e. The lowest BCUT2D eigenvalue weighted by Crippen LogP contribution is -2.18. The highest BCUT2D eigenvalue weighted by Gasteiger charge is 2.38. The number of carbonyl (C=O) groups is 3. The van der Waals surface area contributed by atoms with Crippen molar-refractivity contribution in [2.45, 2.75) is 25.7 Å². The van der Waals surface area contributed by atoms with Crippen molar-refractivity contribution in [3.63, 3.8) is 0 Å². The number of methoxy groups -OCH3 is 3. The molecule has 0 fully saturated rings. The second-order valence-electron chi connectivity index (χ2n) is 7.22. The number of fused-ring (bicyclic) bond motifs is 1. The Hall–Kier alpha value is -3.84. The van der Waals surface area contributed by atoms with Gasteiger partial charge in [0.25, 0.3) is 5.91 Å². The first-order valence-corrected chi connectivity index (χ1v) is 11.3. The Morgan fingerprint density at radius 1 is 1.21 bits per heavy atom. The first-order chi connectivity index (χ1) is 16.4. The van der Waals surface area contributed by atoms with Crippen LogP contribution in [0.5, 0.6) is 11.5 Å². The van der Waals surface area contributed by atoms with Crippen molar-refractivity contribution in [2.24, 2.45) is 0 Å². The number of amides is 1. The third-order valence-corrected chi connectivity index (χ3v) is 6.48. The van der Waals surface area contributed by atoms with E-state index in [-0.39, 0.29) is 16.1 Å². The van der Waals surface area contributed by atoms with Gasteiger partial charge in [-0.15, -0.1) is 11.3 Å². The molecule has 1 aliphatic rings. The zero-order valence-corrected chi connectivity index (χ0v) is 20.0. The number of hydrogen-bond donors (Lipinski definition) is 1. The average molecular weight is 485 g/mol. The normalized spacial score (nSPS) is 14.6. The summed E-state index contributed by atoms with van der Waals surface area (Å²) in [5, 5.41) is 12.5. The molecule has 178 valence electrons. The van der Waals surface area contributed by atoms with Gasteiger partial charge in [0, 0.05) is 4.88 Å². The van der Waals surface area contributed by atoms with Gasteiger partial charge in [0.1, 0.15) is 16.6 Å². The molecule has 1 aromatic carbocycles. The van der Waals surface area contributed by atoms with Gasteiger partial charge in [0.2, 0.25) is 0 Å². The third-order valence-electron chi connectivity index (χ3n) is 5.30. The summed E-state index contributed by atoms with van der Waals surface area (Å²) in [6.45, 7) is 2.31. The summed E-state index contributed by atoms with van der Waals surface area (Å²) < 4.78 is 20.6. The van der Waals surface area contributed by atoms with E-state index in [1.807, 2.05) is 13.0 Å². The number of nitriles is 1. The molecule has 0 bridgehead atoms. The van der Waals surface area contributed by atoms with Crippen molar-refractivity contribution in [3.05, 3.63) is 45.3 Å². The summed E-state index contributed by atoms with van der Waals surface area (Å²) in [6, 6.07) is 6.92. The van der Waals surface area contributed by atoms with Crippen LogP contribution in [0.2, 0.25) is 0 Å². The van der Waals surface area contributed by atoms with Gasteiger partial charge in [-0.05, 0) is 49.1 Å². The van der Waals surface area contributed by atoms with Gasteiger partial charge in [-0.3, -0.25) is 9.59 Å². The number of thiophene rings is 1. The van der Waals surface area contributed by atoms with Crippen LogP contribution in [0.25, 0.3) is 6.08 Å². The van der Waals surface area contributed by atoms with E-state index in [1.165, 1.54) is 38.7 Å². The van der Waals surface area contributed by atoms with Crippen molar-refractivity contribution in [2.75, 3.05) is 33.3 Å². The molecule has 1 aromatic heterocycles. The maximum atomic E-state index is 12.9. The van der Waals surface area contributed by atoms with Crippen LogP contribution in [0, 0.1) is 11.3 Å². The number of carbonyl (C=O) groups excluding carboxylic acids is 3. The molecular weight excluding hydrogens is 460 g/mol. The van der Waals surface area contributed by atoms with Crippen molar-refractivity contribution < 1.29 is 33.3 Å². The molecule has 0 aliphatic heterocycles. The van der Waals surface area contributed by atoms with E-state index in [0.717, 1.165) is 4.88 Å². The summed E-state index contributed by atoms with van der Waals surface area (Å²) in [4.78, 5) is 38.5. The Balaban J connectivity index is 1.94. The number of esters is 2. The van der Waals surface area contributed by atoms with E-state index in [1.54, 1.807) is 18.2 Å². The Morgan fingerprint density at radius 3 is 2.59 bits per heavy atom. The van der Waals surface area contributed by atoms with Crippen molar-refractivity contribution in [1.82, 2.24) is 0 Å². The summed E-state index contributed by atoms with van der Waals surface area (Å²) >= 11 is 1.19. The first kappa shape index (κ1) is 24.8. The van der Waals surface area contributed by atoms with Crippen LogP contribution in [-0.2, 0) is 25.5 Å². The number of hydrogen-bond acceptors (Lipinski definition) is 9. The van der Waals surface area contributed by atoms with Crippen LogP contribution in [0.15, 0.2) is 23.8 Å². The standard InChI is InChI=1S/C24H24N2O7S/c1-5-33-16-8-6-13(11-17(16)30-2)10-14(12-25)21(27)26-22-20(24(29)32-4)19-15(23(28)31-3)7-9-18(19)34-22/h6,8,10-11,15H,5,7,9H2,1-4H3,(H,26,27)/b14-10-/t15-/m1/s1. The molecule has 3 rings (SSSR count). The first-order valence-electron chi connectivity index (χ1n) is 10.4. The molecule has 0 saturated carbocycles. The van der Waals surface area contributed by atoms with Gasteiger partial charge < -0.3 is 24.3 Å². The number of benzene rings is 1. The highest BCUT2D eigenvalue weighted by molar-refractivity contribution is 7.17. The molecule has 0 unspecified atom stereocenters. The zero-order valence-electron chi connectivity index (χ0n) is 19.2. The fraction of sp³-hybridized carbons (Fsp3) is 0.333. The molecule has 1 N–H and O–H groups in total. The average Bonchev–Trinajstić information content (AvgIpc) is 3.41. The van der Waals surface area contributed by atoms with Gasteiger partial charge in [-0.25, -0.2) is 4.79 Å². The fourth-order valence-corrected chi connectivity index (χ4v) is 5.03. The molecule has 1 aliphatic carbocycles. The molecule has 9 nitrogen and oxygen atoms in total. The lowest BCUT2D eigenvalue weighted by Gasteiger charge is -2.12. The fourth-order valence-electron chi connectivity index (χ4n) is 3.77. The van der Waals surface area contributed by atoms with Gasteiger partial charge in [0.15, 0.2) is 11.5 Å². The Morgan fingerprint density at radius 2 is 1.97 bits per heavy atom. The van der Waals surface area contributed by atoms with Gasteiger partial charge in [-0.2, -0.15) is 5.26 Å². The molecule has 1 heterocycles. The molecule has 2 aromatic rings. The summed E-state index contributed by atoms with van der Waals surface area (Å²) in [6.07, 6.45) is 2.48.